The van der Waals surface area contributed by atoms with Crippen molar-refractivity contribution in [3.63, 3.8) is 0 Å². The number of hydrogen-bond acceptors (Lipinski definition) is 5. The van der Waals surface area contributed by atoms with Crippen LogP contribution in [0.4, 0.5) is 5.69 Å². The lowest BCUT2D eigenvalue weighted by Gasteiger charge is -2.18. The minimum atomic E-state index is -0.000991. The number of ether oxygens (including phenoxy) is 4. The van der Waals surface area contributed by atoms with E-state index in [0.29, 0.717) is 19.8 Å². The van der Waals surface area contributed by atoms with Gasteiger partial charge in [-0.05, 0) is 43.3 Å². The van der Waals surface area contributed by atoms with Gasteiger partial charge >= 0.3 is 0 Å². The number of hydrogen-bond donors (Lipinski definition) is 1. The minimum absolute atomic E-state index is 0.000991. The van der Waals surface area contributed by atoms with Crippen LogP contribution in [0.3, 0.4) is 0 Å². The zero-order chi connectivity index (χ0) is 17.2. The Kier molecular flexibility index (Phi) is 7.23. The molecule has 2 rings (SSSR count). The maximum Gasteiger partial charge on any atom is 0.161 e. The first-order valence-corrected chi connectivity index (χ1v) is 7.98. The van der Waals surface area contributed by atoms with Gasteiger partial charge in [0.25, 0.3) is 0 Å². The quantitative estimate of drug-likeness (QED) is 0.674. The highest BCUT2D eigenvalue weighted by Crippen LogP contribution is 2.26. The smallest absolute Gasteiger partial charge is 0.161 e. The third-order valence-corrected chi connectivity index (χ3v) is 3.40. The van der Waals surface area contributed by atoms with E-state index >= 15 is 0 Å². The van der Waals surface area contributed by atoms with Crippen LogP contribution in [0, 0.1) is 0 Å². The fourth-order valence-corrected chi connectivity index (χ4v) is 2.15. The van der Waals surface area contributed by atoms with Crippen molar-refractivity contribution in [2.24, 2.45) is 0 Å². The summed E-state index contributed by atoms with van der Waals surface area (Å²) in [5.41, 5.74) is 1.02. The summed E-state index contributed by atoms with van der Waals surface area (Å²) in [6.07, 6.45) is -0.000991. The summed E-state index contributed by atoms with van der Waals surface area (Å²) in [6, 6.07) is 15.5. The van der Waals surface area contributed by atoms with Crippen LogP contribution < -0.4 is 19.5 Å². The monoisotopic (exact) mass is 331 g/mol. The molecule has 0 saturated heterocycles. The molecule has 0 amide bonds. The number of para-hydroxylation sites is 2. The van der Waals surface area contributed by atoms with Crippen molar-refractivity contribution in [1.82, 2.24) is 0 Å². The molecule has 1 unspecified atom stereocenters. The maximum atomic E-state index is 5.92. The van der Waals surface area contributed by atoms with E-state index < -0.39 is 0 Å². The molecule has 0 radical (unpaired) electrons. The van der Waals surface area contributed by atoms with Crippen LogP contribution in [0.25, 0.3) is 0 Å². The van der Waals surface area contributed by atoms with Crippen molar-refractivity contribution in [1.29, 1.82) is 0 Å². The topological polar surface area (TPSA) is 49.0 Å². The van der Waals surface area contributed by atoms with Gasteiger partial charge in [-0.2, -0.15) is 0 Å². The molecule has 0 heterocycles. The van der Waals surface area contributed by atoms with Crippen LogP contribution in [0.15, 0.2) is 48.5 Å². The first kappa shape index (κ1) is 17.9. The van der Waals surface area contributed by atoms with Crippen molar-refractivity contribution in [3.05, 3.63) is 48.5 Å². The molecule has 0 spiro atoms. The van der Waals surface area contributed by atoms with E-state index in [-0.39, 0.29) is 6.10 Å². The Morgan fingerprint density at radius 1 is 0.917 bits per heavy atom. The van der Waals surface area contributed by atoms with Gasteiger partial charge in [0.15, 0.2) is 11.5 Å². The van der Waals surface area contributed by atoms with Gasteiger partial charge in [-0.25, -0.2) is 0 Å². The Bertz CT molecular complexity index is 601. The Morgan fingerprint density at radius 3 is 2.29 bits per heavy atom. The molecule has 0 aliphatic rings. The van der Waals surface area contributed by atoms with Gasteiger partial charge in [-0.3, -0.25) is 0 Å². The van der Waals surface area contributed by atoms with Gasteiger partial charge in [-0.1, -0.05) is 12.1 Å². The molecular weight excluding hydrogens is 306 g/mol. The fourth-order valence-electron chi connectivity index (χ4n) is 2.15. The number of rotatable bonds is 10. The number of anilines is 1. The molecular formula is C19H25NO4. The Hall–Kier alpha value is -2.40. The van der Waals surface area contributed by atoms with E-state index in [1.807, 2.05) is 55.5 Å². The van der Waals surface area contributed by atoms with Crippen molar-refractivity contribution in [2.45, 2.75) is 13.0 Å². The third-order valence-electron chi connectivity index (χ3n) is 3.40. The average molecular weight is 331 g/mol. The Balaban J connectivity index is 1.80. The minimum Gasteiger partial charge on any atom is -0.493 e. The largest absolute Gasteiger partial charge is 0.493 e. The van der Waals surface area contributed by atoms with Gasteiger partial charge in [0, 0.05) is 12.8 Å². The Morgan fingerprint density at radius 2 is 1.62 bits per heavy atom. The molecule has 0 aliphatic carbocycles. The van der Waals surface area contributed by atoms with Gasteiger partial charge in [0.1, 0.15) is 18.5 Å². The van der Waals surface area contributed by atoms with E-state index in [4.69, 9.17) is 18.9 Å². The molecule has 2 aromatic rings. The summed E-state index contributed by atoms with van der Waals surface area (Å²) in [7, 11) is 3.30. The second-order valence-electron chi connectivity index (χ2n) is 5.33. The van der Waals surface area contributed by atoms with Crippen molar-refractivity contribution in [3.8, 4) is 17.2 Å². The number of nitrogens with one attached hydrogen (secondary N) is 1. The zero-order valence-electron chi connectivity index (χ0n) is 14.5. The average Bonchev–Trinajstić information content (AvgIpc) is 2.62. The lowest BCUT2D eigenvalue weighted by molar-refractivity contribution is 0.146. The molecule has 24 heavy (non-hydrogen) atoms. The van der Waals surface area contributed by atoms with E-state index in [0.717, 1.165) is 22.9 Å². The second kappa shape index (κ2) is 9.67. The molecule has 0 saturated carbocycles. The van der Waals surface area contributed by atoms with Crippen LogP contribution in [-0.4, -0.2) is 40.1 Å². The molecule has 2 aromatic carbocycles. The van der Waals surface area contributed by atoms with E-state index in [2.05, 4.69) is 5.32 Å². The normalized spacial score (nSPS) is 11.6. The summed E-state index contributed by atoms with van der Waals surface area (Å²) in [5.74, 6) is 2.31. The molecule has 1 N–H and O–H groups in total. The van der Waals surface area contributed by atoms with Gasteiger partial charge in [0.05, 0.1) is 20.3 Å². The summed E-state index contributed by atoms with van der Waals surface area (Å²) in [4.78, 5) is 0. The Labute approximate surface area is 143 Å². The third kappa shape index (κ3) is 5.66. The van der Waals surface area contributed by atoms with E-state index in [9.17, 15) is 0 Å². The summed E-state index contributed by atoms with van der Waals surface area (Å²) in [6.45, 7) is 3.83. The zero-order valence-corrected chi connectivity index (χ0v) is 14.5. The van der Waals surface area contributed by atoms with Gasteiger partial charge in [-0.15, -0.1) is 0 Å². The van der Waals surface area contributed by atoms with Crippen molar-refractivity contribution >= 4 is 5.69 Å². The standard InChI is InChI=1S/C19H25NO4/c1-15(24-19-7-5-4-6-18(19)22-3)14-20-16-8-10-17(11-9-16)23-13-12-21-2/h4-11,15,20H,12-14H2,1-3H3. The summed E-state index contributed by atoms with van der Waals surface area (Å²) < 4.78 is 21.7. The predicted octanol–water partition coefficient (Wildman–Crippen LogP) is 3.60. The van der Waals surface area contributed by atoms with Crippen LogP contribution in [0.1, 0.15) is 6.92 Å². The molecule has 0 aliphatic heterocycles. The van der Waals surface area contributed by atoms with E-state index in [1.54, 1.807) is 14.2 Å². The molecule has 0 bridgehead atoms. The van der Waals surface area contributed by atoms with Gasteiger partial charge in [0.2, 0.25) is 0 Å². The molecule has 5 nitrogen and oxygen atoms in total. The highest BCUT2D eigenvalue weighted by Gasteiger charge is 2.08. The van der Waals surface area contributed by atoms with Crippen LogP contribution >= 0.6 is 0 Å². The highest BCUT2D eigenvalue weighted by atomic mass is 16.5. The number of benzene rings is 2. The lowest BCUT2D eigenvalue weighted by atomic mass is 10.3. The SMILES string of the molecule is COCCOc1ccc(NCC(C)Oc2ccccc2OC)cc1. The molecule has 130 valence electrons. The molecule has 0 aromatic heterocycles. The number of methoxy groups -OCH3 is 2. The van der Waals surface area contributed by atoms with Crippen LogP contribution in [-0.2, 0) is 4.74 Å². The van der Waals surface area contributed by atoms with Crippen molar-refractivity contribution < 1.29 is 18.9 Å². The maximum absolute atomic E-state index is 5.92. The summed E-state index contributed by atoms with van der Waals surface area (Å²) in [5, 5.41) is 3.35. The van der Waals surface area contributed by atoms with E-state index in [1.165, 1.54) is 0 Å². The summed E-state index contributed by atoms with van der Waals surface area (Å²) >= 11 is 0. The predicted molar refractivity (Wildman–Crippen MR) is 95.4 cm³/mol. The lowest BCUT2D eigenvalue weighted by Crippen LogP contribution is -2.22. The van der Waals surface area contributed by atoms with Crippen LogP contribution in [0.2, 0.25) is 0 Å². The molecule has 0 fully saturated rings. The second-order valence-corrected chi connectivity index (χ2v) is 5.33. The molecule has 5 heteroatoms. The van der Waals surface area contributed by atoms with Crippen molar-refractivity contribution in [2.75, 3.05) is 39.3 Å². The first-order chi connectivity index (χ1) is 11.7. The highest BCUT2D eigenvalue weighted by molar-refractivity contribution is 5.46. The fraction of sp³-hybridized carbons (Fsp3) is 0.368. The van der Waals surface area contributed by atoms with Gasteiger partial charge < -0.3 is 24.3 Å². The first-order valence-electron chi connectivity index (χ1n) is 7.98. The van der Waals surface area contributed by atoms with Crippen LogP contribution in [0.5, 0.6) is 17.2 Å². The molecule has 1 atom stereocenters.